The van der Waals surface area contributed by atoms with Crippen LogP contribution in [0, 0.1) is 0 Å². The summed E-state index contributed by atoms with van der Waals surface area (Å²) < 4.78 is 68.8. The van der Waals surface area contributed by atoms with E-state index in [0.29, 0.717) is 0 Å². The standard InChI is InChI=1S/3Cr.Li.8O/q;;+3;+1;;;;;4*-1. The van der Waals surface area contributed by atoms with Gasteiger partial charge in [-0.2, -0.15) is 0 Å². The summed E-state index contributed by atoms with van der Waals surface area (Å²) in [5, 5.41) is 0. The van der Waals surface area contributed by atoms with Gasteiger partial charge in [0.2, 0.25) is 0 Å². The maximum atomic E-state index is 8.59. The molecule has 1 radical (unpaired) electrons. The van der Waals surface area contributed by atoms with Crippen LogP contribution in [0.5, 0.6) is 0 Å². The zero-order valence-corrected chi connectivity index (χ0v) is 9.32. The van der Waals surface area contributed by atoms with Gasteiger partial charge in [-0.15, -0.1) is 0 Å². The van der Waals surface area contributed by atoms with E-state index >= 15 is 0 Å². The summed E-state index contributed by atoms with van der Waals surface area (Å²) >= 11 is -11.5. The van der Waals surface area contributed by atoms with E-state index in [9.17, 15) is 0 Å². The van der Waals surface area contributed by atoms with Crippen molar-refractivity contribution in [3.8, 4) is 0 Å². The number of hydrogen-bond donors (Lipinski definition) is 0. The van der Waals surface area contributed by atoms with E-state index in [-0.39, 0.29) is 36.2 Å². The zero-order valence-electron chi connectivity index (χ0n) is 5.49. The predicted octanol–water partition coefficient (Wildman–Crippen LogP) is -8.23. The van der Waals surface area contributed by atoms with Crippen molar-refractivity contribution in [2.24, 2.45) is 0 Å². The monoisotopic (exact) mass is 291 g/mol. The third-order valence-corrected chi connectivity index (χ3v) is 0. The van der Waals surface area contributed by atoms with Crippen LogP contribution < -0.4 is 35.5 Å². The first-order valence-electron chi connectivity index (χ1n) is 1.33. The Bertz CT molecular complexity index is 211. The molecule has 0 unspecified atom stereocenters. The van der Waals surface area contributed by atoms with Crippen molar-refractivity contribution >= 4 is 0 Å². The Morgan fingerprint density at radius 3 is 0.667 bits per heavy atom. The van der Waals surface area contributed by atoms with E-state index in [1.54, 1.807) is 0 Å². The fraction of sp³-hybridized carbons (Fsp3) is 0. The molecule has 8 nitrogen and oxygen atoms in total. The van der Waals surface area contributed by atoms with Crippen molar-refractivity contribution in [3.05, 3.63) is 0 Å². The molecule has 0 saturated heterocycles. The Morgan fingerprint density at radius 1 is 0.667 bits per heavy atom. The molecule has 0 saturated carbocycles. The molecular weight excluding hydrogens is 291 g/mol. The molecular formula is Cr3LiO8. The van der Waals surface area contributed by atoms with Gasteiger partial charge in [0.1, 0.15) is 0 Å². The minimum atomic E-state index is -5.75. The van der Waals surface area contributed by atoms with Gasteiger partial charge in [-0.1, -0.05) is 0 Å². The fourth-order valence-electron chi connectivity index (χ4n) is 0. The van der Waals surface area contributed by atoms with Crippen LogP contribution in [-0.4, -0.2) is 0 Å². The van der Waals surface area contributed by atoms with Crippen LogP contribution in [0.2, 0.25) is 0 Å². The molecule has 0 aromatic carbocycles. The molecule has 0 amide bonds. The molecule has 0 aliphatic heterocycles. The average molecular weight is 291 g/mol. The molecule has 0 heterocycles. The van der Waals surface area contributed by atoms with Crippen LogP contribution in [0.25, 0.3) is 0 Å². The molecule has 0 aliphatic carbocycles. The average Bonchev–Trinajstić information content (AvgIpc) is 1.12. The van der Waals surface area contributed by atoms with Gasteiger partial charge in [0.05, 0.1) is 0 Å². The molecule has 0 aromatic rings. The van der Waals surface area contributed by atoms with Crippen molar-refractivity contribution in [3.63, 3.8) is 0 Å². The first-order chi connectivity index (χ1) is 4.00. The van der Waals surface area contributed by atoms with E-state index in [1.165, 1.54) is 0 Å². The molecule has 0 N–H and O–H groups in total. The molecule has 0 rings (SSSR count). The van der Waals surface area contributed by atoms with Gasteiger partial charge in [0.15, 0.2) is 0 Å². The first-order valence-corrected chi connectivity index (χ1v) is 5.50. The Morgan fingerprint density at radius 2 is 0.667 bits per heavy atom. The van der Waals surface area contributed by atoms with Crippen molar-refractivity contribution in [2.45, 2.75) is 0 Å². The van der Waals surface area contributed by atoms with Crippen molar-refractivity contribution < 1.29 is 95.3 Å². The Kier molecular flexibility index (Phi) is 17.1. The predicted molar refractivity (Wildman–Crippen MR) is 2.75 cm³/mol. The quantitative estimate of drug-likeness (QED) is 0.397. The van der Waals surface area contributed by atoms with Crippen LogP contribution >= 0.6 is 0 Å². The SMILES string of the molecule is [Cr+3].[Li+].[O]=[Cr](=[O])([O-])[O-].[O]=[Cr](=[O])([O-])[O-]. The van der Waals surface area contributed by atoms with Crippen LogP contribution in [0.15, 0.2) is 0 Å². The van der Waals surface area contributed by atoms with E-state index < -0.39 is 27.2 Å². The van der Waals surface area contributed by atoms with E-state index in [2.05, 4.69) is 0 Å². The van der Waals surface area contributed by atoms with Crippen LogP contribution in [-0.2, 0) is 59.8 Å². The third-order valence-electron chi connectivity index (χ3n) is 0. The Balaban J connectivity index is -0.0000000457. The number of rotatable bonds is 0. The Labute approximate surface area is 94.7 Å². The summed E-state index contributed by atoms with van der Waals surface area (Å²) in [5.74, 6) is 0. The molecule has 0 spiro atoms. The van der Waals surface area contributed by atoms with E-state index in [1.807, 2.05) is 0 Å². The van der Waals surface area contributed by atoms with Gasteiger partial charge >= 0.3 is 95.3 Å². The summed E-state index contributed by atoms with van der Waals surface area (Å²) in [4.78, 5) is 0. The van der Waals surface area contributed by atoms with Crippen molar-refractivity contribution in [1.82, 2.24) is 0 Å². The van der Waals surface area contributed by atoms with Gasteiger partial charge in [-0.05, 0) is 0 Å². The van der Waals surface area contributed by atoms with Gasteiger partial charge in [0, 0.05) is 0 Å². The summed E-state index contributed by atoms with van der Waals surface area (Å²) in [6, 6.07) is 0. The van der Waals surface area contributed by atoms with Crippen LogP contribution in [0.3, 0.4) is 0 Å². The Hall–Kier alpha value is 1.23. The topological polar surface area (TPSA) is 161 Å². The number of hydrogen-bond acceptors (Lipinski definition) is 8. The molecule has 0 aliphatic rings. The molecule has 12 heavy (non-hydrogen) atoms. The summed E-state index contributed by atoms with van der Waals surface area (Å²) in [6.45, 7) is 0. The molecule has 0 atom stereocenters. The molecule has 0 aromatic heterocycles. The van der Waals surface area contributed by atoms with Crippen molar-refractivity contribution in [2.75, 3.05) is 0 Å². The van der Waals surface area contributed by atoms with Crippen LogP contribution in [0.4, 0.5) is 0 Å². The second-order valence-electron chi connectivity index (χ2n) is 0.816. The second kappa shape index (κ2) is 8.82. The molecule has 67 valence electrons. The molecule has 0 bridgehead atoms. The van der Waals surface area contributed by atoms with Gasteiger partial charge in [0.25, 0.3) is 0 Å². The first kappa shape index (κ1) is 23.2. The molecule has 12 heteroatoms. The summed E-state index contributed by atoms with van der Waals surface area (Å²) in [7, 11) is 0. The van der Waals surface area contributed by atoms with Crippen molar-refractivity contribution in [1.29, 1.82) is 0 Å². The second-order valence-corrected chi connectivity index (χ2v) is 3.37. The maximum absolute atomic E-state index is 8.59. The summed E-state index contributed by atoms with van der Waals surface area (Å²) in [5.41, 5.74) is 0. The third kappa shape index (κ3) is 772. The zero-order chi connectivity index (χ0) is 9.00. The van der Waals surface area contributed by atoms with Crippen LogP contribution in [0.1, 0.15) is 0 Å². The molecule has 0 fully saturated rings. The normalized spacial score (nSPS) is 9.67. The minimum absolute atomic E-state index is 0. The fourth-order valence-corrected chi connectivity index (χ4v) is 0. The summed E-state index contributed by atoms with van der Waals surface area (Å²) in [6.07, 6.45) is 0. The van der Waals surface area contributed by atoms with E-state index in [0.717, 1.165) is 0 Å². The van der Waals surface area contributed by atoms with Gasteiger partial charge in [-0.3, -0.25) is 0 Å². The van der Waals surface area contributed by atoms with E-state index in [4.69, 9.17) is 31.8 Å². The van der Waals surface area contributed by atoms with Gasteiger partial charge in [-0.25, -0.2) is 0 Å². The van der Waals surface area contributed by atoms with Gasteiger partial charge < -0.3 is 0 Å².